The highest BCUT2D eigenvalue weighted by molar-refractivity contribution is 6.05. The third-order valence-corrected chi connectivity index (χ3v) is 5.74. The van der Waals surface area contributed by atoms with Crippen LogP contribution in [0.4, 0.5) is 0 Å². The average Bonchev–Trinajstić information content (AvgIpc) is 2.95. The lowest BCUT2D eigenvalue weighted by atomic mass is 10.1. The van der Waals surface area contributed by atoms with Crippen LogP contribution < -0.4 is 15.7 Å². The molecule has 0 saturated heterocycles. The number of nitrogens with one attached hydrogen (secondary N) is 1. The third kappa shape index (κ3) is 5.79. The standard InChI is InChI=1S/C30H24N4O3/c35-29(32-31-19-24-14-9-15-25(18-24)37-21-23-12-5-2-6-13-23)28-26-16-7-8-17-27(26)30(36)34(33-28)20-22-10-3-1-4-11-22/h1-19H,20-21H2,(H,32,35). The van der Waals surface area contributed by atoms with Gasteiger partial charge < -0.3 is 4.74 Å². The number of carbonyl (C=O) groups excluding carboxylic acids is 1. The molecule has 1 N–H and O–H groups in total. The lowest BCUT2D eigenvalue weighted by molar-refractivity contribution is 0.0949. The topological polar surface area (TPSA) is 85.6 Å². The summed E-state index contributed by atoms with van der Waals surface area (Å²) in [5.74, 6) is 0.186. The monoisotopic (exact) mass is 488 g/mol. The van der Waals surface area contributed by atoms with E-state index < -0.39 is 5.91 Å². The van der Waals surface area contributed by atoms with Crippen LogP contribution >= 0.6 is 0 Å². The molecule has 1 amide bonds. The minimum absolute atomic E-state index is 0.128. The van der Waals surface area contributed by atoms with Gasteiger partial charge >= 0.3 is 0 Å². The van der Waals surface area contributed by atoms with Gasteiger partial charge in [0.2, 0.25) is 0 Å². The summed E-state index contributed by atoms with van der Waals surface area (Å²) in [7, 11) is 0. The van der Waals surface area contributed by atoms with Gasteiger partial charge in [-0.05, 0) is 34.9 Å². The molecule has 0 aliphatic rings. The lowest BCUT2D eigenvalue weighted by Crippen LogP contribution is -2.29. The Morgan fingerprint density at radius 2 is 1.51 bits per heavy atom. The Morgan fingerprint density at radius 1 is 0.838 bits per heavy atom. The lowest BCUT2D eigenvalue weighted by Gasteiger charge is -2.10. The molecule has 0 aliphatic carbocycles. The van der Waals surface area contributed by atoms with Gasteiger partial charge in [0.15, 0.2) is 5.69 Å². The van der Waals surface area contributed by atoms with Gasteiger partial charge in [-0.25, -0.2) is 10.1 Å². The van der Waals surface area contributed by atoms with E-state index in [9.17, 15) is 9.59 Å². The maximum absolute atomic E-state index is 13.1. The molecule has 7 heteroatoms. The first kappa shape index (κ1) is 23.7. The number of amides is 1. The molecule has 0 radical (unpaired) electrons. The Labute approximate surface area is 213 Å². The molecular weight excluding hydrogens is 464 g/mol. The molecule has 1 aromatic heterocycles. The molecule has 7 nitrogen and oxygen atoms in total. The number of aromatic nitrogens is 2. The fourth-order valence-electron chi connectivity index (χ4n) is 3.91. The summed E-state index contributed by atoms with van der Waals surface area (Å²) in [6.45, 7) is 0.708. The van der Waals surface area contributed by atoms with Crippen LogP contribution in [0.2, 0.25) is 0 Å². The summed E-state index contributed by atoms with van der Waals surface area (Å²) >= 11 is 0. The van der Waals surface area contributed by atoms with Gasteiger partial charge in [0.25, 0.3) is 11.5 Å². The zero-order valence-electron chi connectivity index (χ0n) is 20.0. The van der Waals surface area contributed by atoms with Crippen molar-refractivity contribution in [1.82, 2.24) is 15.2 Å². The number of fused-ring (bicyclic) bond motifs is 1. The molecule has 4 aromatic carbocycles. The molecule has 5 rings (SSSR count). The van der Waals surface area contributed by atoms with Crippen LogP contribution in [0.25, 0.3) is 10.8 Å². The maximum Gasteiger partial charge on any atom is 0.292 e. The minimum atomic E-state index is -0.509. The molecule has 0 atom stereocenters. The highest BCUT2D eigenvalue weighted by Crippen LogP contribution is 2.15. The van der Waals surface area contributed by atoms with Crippen LogP contribution in [0.5, 0.6) is 5.75 Å². The van der Waals surface area contributed by atoms with E-state index in [1.807, 2.05) is 84.9 Å². The van der Waals surface area contributed by atoms with E-state index in [0.29, 0.717) is 23.1 Å². The number of hydrogen-bond acceptors (Lipinski definition) is 5. The van der Waals surface area contributed by atoms with E-state index in [-0.39, 0.29) is 17.8 Å². The zero-order valence-corrected chi connectivity index (χ0v) is 20.0. The smallest absolute Gasteiger partial charge is 0.292 e. The number of hydrogen-bond donors (Lipinski definition) is 1. The fourth-order valence-corrected chi connectivity index (χ4v) is 3.91. The Morgan fingerprint density at radius 3 is 2.27 bits per heavy atom. The fraction of sp³-hybridized carbons (Fsp3) is 0.0667. The van der Waals surface area contributed by atoms with E-state index in [4.69, 9.17) is 4.74 Å². The first-order valence-corrected chi connectivity index (χ1v) is 11.8. The molecule has 0 saturated carbocycles. The van der Waals surface area contributed by atoms with Crippen LogP contribution in [-0.4, -0.2) is 21.9 Å². The van der Waals surface area contributed by atoms with E-state index in [1.54, 1.807) is 24.3 Å². The van der Waals surface area contributed by atoms with E-state index in [0.717, 1.165) is 16.7 Å². The third-order valence-electron chi connectivity index (χ3n) is 5.74. The van der Waals surface area contributed by atoms with Gasteiger partial charge in [-0.2, -0.15) is 10.2 Å². The molecule has 0 spiro atoms. The summed E-state index contributed by atoms with van der Waals surface area (Å²) in [6, 6.07) is 33.8. The van der Waals surface area contributed by atoms with Crippen LogP contribution in [0.3, 0.4) is 0 Å². The number of benzene rings is 4. The largest absolute Gasteiger partial charge is 0.489 e. The van der Waals surface area contributed by atoms with Crippen molar-refractivity contribution in [2.24, 2.45) is 5.10 Å². The second-order valence-corrected chi connectivity index (χ2v) is 8.39. The van der Waals surface area contributed by atoms with Gasteiger partial charge in [-0.3, -0.25) is 9.59 Å². The van der Waals surface area contributed by atoms with Crippen molar-refractivity contribution in [1.29, 1.82) is 0 Å². The Hall–Kier alpha value is -5.04. The summed E-state index contributed by atoms with van der Waals surface area (Å²) in [5.41, 5.74) is 5.15. The van der Waals surface area contributed by atoms with Crippen molar-refractivity contribution in [3.8, 4) is 5.75 Å². The number of rotatable bonds is 8. The molecule has 0 aliphatic heterocycles. The van der Waals surface area contributed by atoms with Crippen molar-refractivity contribution in [3.05, 3.63) is 142 Å². The SMILES string of the molecule is O=C(NN=Cc1cccc(OCc2ccccc2)c1)c1nn(Cc2ccccc2)c(=O)c2ccccc12. The number of hydrazone groups is 1. The summed E-state index contributed by atoms with van der Waals surface area (Å²) in [6.07, 6.45) is 1.54. The normalized spacial score (nSPS) is 11.0. The predicted molar refractivity (Wildman–Crippen MR) is 144 cm³/mol. The number of nitrogens with zero attached hydrogens (tertiary/aromatic N) is 3. The summed E-state index contributed by atoms with van der Waals surface area (Å²) in [5, 5.41) is 9.39. The Kier molecular flexibility index (Phi) is 7.13. The second kappa shape index (κ2) is 11.1. The van der Waals surface area contributed by atoms with Crippen LogP contribution in [-0.2, 0) is 13.2 Å². The first-order chi connectivity index (χ1) is 18.2. The van der Waals surface area contributed by atoms with Gasteiger partial charge in [0, 0.05) is 5.39 Å². The van der Waals surface area contributed by atoms with Crippen LogP contribution in [0, 0.1) is 0 Å². The van der Waals surface area contributed by atoms with Crippen LogP contribution in [0.1, 0.15) is 27.2 Å². The molecule has 37 heavy (non-hydrogen) atoms. The van der Waals surface area contributed by atoms with Gasteiger partial charge in [0.1, 0.15) is 12.4 Å². The van der Waals surface area contributed by atoms with Gasteiger partial charge in [-0.1, -0.05) is 91.0 Å². The second-order valence-electron chi connectivity index (χ2n) is 8.39. The molecule has 0 unspecified atom stereocenters. The van der Waals surface area contributed by atoms with E-state index in [2.05, 4.69) is 15.6 Å². The van der Waals surface area contributed by atoms with Crippen molar-refractivity contribution >= 4 is 22.9 Å². The quantitative estimate of drug-likeness (QED) is 0.251. The zero-order chi connectivity index (χ0) is 25.5. The molecule has 1 heterocycles. The van der Waals surface area contributed by atoms with Crippen molar-refractivity contribution in [2.75, 3.05) is 0 Å². The molecule has 5 aromatic rings. The maximum atomic E-state index is 13.1. The van der Waals surface area contributed by atoms with Gasteiger partial charge in [0.05, 0.1) is 18.1 Å². The Bertz CT molecular complexity index is 1610. The van der Waals surface area contributed by atoms with Crippen LogP contribution in [0.15, 0.2) is 119 Å². The minimum Gasteiger partial charge on any atom is -0.489 e. The highest BCUT2D eigenvalue weighted by Gasteiger charge is 2.16. The molecule has 0 fully saturated rings. The predicted octanol–water partition coefficient (Wildman–Crippen LogP) is 4.79. The van der Waals surface area contributed by atoms with Gasteiger partial charge in [-0.15, -0.1) is 0 Å². The van der Waals surface area contributed by atoms with E-state index in [1.165, 1.54) is 10.9 Å². The Balaban J connectivity index is 1.33. The van der Waals surface area contributed by atoms with Crippen molar-refractivity contribution in [3.63, 3.8) is 0 Å². The first-order valence-electron chi connectivity index (χ1n) is 11.8. The number of carbonyl (C=O) groups is 1. The molecule has 0 bridgehead atoms. The summed E-state index contributed by atoms with van der Waals surface area (Å²) in [4.78, 5) is 26.1. The molecular formula is C30H24N4O3. The highest BCUT2D eigenvalue weighted by atomic mass is 16.5. The number of ether oxygens (including phenoxy) is 1. The van der Waals surface area contributed by atoms with E-state index >= 15 is 0 Å². The van der Waals surface area contributed by atoms with Crippen molar-refractivity contribution in [2.45, 2.75) is 13.2 Å². The molecule has 182 valence electrons. The van der Waals surface area contributed by atoms with Crippen molar-refractivity contribution < 1.29 is 9.53 Å². The average molecular weight is 489 g/mol. The summed E-state index contributed by atoms with van der Waals surface area (Å²) < 4.78 is 7.17.